The van der Waals surface area contributed by atoms with Crippen LogP contribution in [0, 0.1) is 0 Å². The number of hydrogen-bond acceptors (Lipinski definition) is 5. The van der Waals surface area contributed by atoms with E-state index in [0.29, 0.717) is 11.3 Å². The van der Waals surface area contributed by atoms with Crippen LogP contribution in [0.4, 0.5) is 5.69 Å². The Hall–Kier alpha value is -3.41. The van der Waals surface area contributed by atoms with Gasteiger partial charge in [-0.15, -0.1) is 0 Å². The van der Waals surface area contributed by atoms with E-state index in [1.165, 1.54) is 7.11 Å². The third-order valence-electron chi connectivity index (χ3n) is 3.88. The van der Waals surface area contributed by atoms with Gasteiger partial charge in [0, 0.05) is 23.5 Å². The number of ether oxygens (including phenoxy) is 1. The highest BCUT2D eigenvalue weighted by atomic mass is 16.5. The number of anilines is 1. The second-order valence-electron chi connectivity index (χ2n) is 5.53. The van der Waals surface area contributed by atoms with Crippen molar-refractivity contribution >= 4 is 28.3 Å². The highest BCUT2D eigenvalue weighted by Gasteiger charge is 2.18. The predicted octanol–water partition coefficient (Wildman–Crippen LogP) is 2.66. The van der Waals surface area contributed by atoms with Gasteiger partial charge in [0.25, 0.3) is 0 Å². The van der Waals surface area contributed by atoms with E-state index in [9.17, 15) is 9.59 Å². The van der Waals surface area contributed by atoms with Gasteiger partial charge >= 0.3 is 5.97 Å². The average molecular weight is 335 g/mol. The van der Waals surface area contributed by atoms with Crippen LogP contribution in [-0.2, 0) is 9.53 Å². The summed E-state index contributed by atoms with van der Waals surface area (Å²) in [7, 11) is 1.32. The molecule has 6 nitrogen and oxygen atoms in total. The first-order valence-electron chi connectivity index (χ1n) is 7.66. The van der Waals surface area contributed by atoms with Gasteiger partial charge in [0.1, 0.15) is 6.04 Å². The van der Waals surface area contributed by atoms with Crippen LogP contribution >= 0.6 is 0 Å². The first kappa shape index (κ1) is 16.4. The van der Waals surface area contributed by atoms with Gasteiger partial charge < -0.3 is 15.8 Å². The molecule has 1 amide bonds. The van der Waals surface area contributed by atoms with E-state index in [1.807, 2.05) is 24.3 Å². The molecule has 0 saturated carbocycles. The number of nitrogens with one attached hydrogen (secondary N) is 1. The number of rotatable bonds is 5. The first-order valence-corrected chi connectivity index (χ1v) is 7.66. The maximum absolute atomic E-state index is 12.0. The lowest BCUT2D eigenvalue weighted by Gasteiger charge is -2.18. The first-order chi connectivity index (χ1) is 12.1. The predicted molar refractivity (Wildman–Crippen MR) is 95.1 cm³/mol. The molecule has 3 rings (SSSR count). The van der Waals surface area contributed by atoms with Crippen LogP contribution in [0.5, 0.6) is 0 Å². The van der Waals surface area contributed by atoms with Crippen molar-refractivity contribution in [3.63, 3.8) is 0 Å². The summed E-state index contributed by atoms with van der Waals surface area (Å²) >= 11 is 0. The molecule has 0 radical (unpaired) electrons. The minimum absolute atomic E-state index is 0.389. The molecular formula is C19H17N3O3. The zero-order valence-electron chi connectivity index (χ0n) is 13.6. The van der Waals surface area contributed by atoms with Crippen LogP contribution in [0.3, 0.4) is 0 Å². The zero-order valence-corrected chi connectivity index (χ0v) is 13.6. The Morgan fingerprint density at radius 2 is 1.96 bits per heavy atom. The van der Waals surface area contributed by atoms with Gasteiger partial charge in [-0.05, 0) is 41.3 Å². The summed E-state index contributed by atoms with van der Waals surface area (Å²) in [6.45, 7) is 0. The van der Waals surface area contributed by atoms with Crippen LogP contribution in [0.1, 0.15) is 22.0 Å². The summed E-state index contributed by atoms with van der Waals surface area (Å²) in [5.41, 5.74) is 7.30. The van der Waals surface area contributed by atoms with E-state index in [0.717, 1.165) is 16.3 Å². The lowest BCUT2D eigenvalue weighted by molar-refractivity contribution is -0.118. The molecule has 0 aliphatic heterocycles. The molecule has 0 aliphatic rings. The summed E-state index contributed by atoms with van der Waals surface area (Å²) in [5, 5.41) is 5.02. The van der Waals surface area contributed by atoms with Gasteiger partial charge in [0.2, 0.25) is 5.91 Å². The summed E-state index contributed by atoms with van der Waals surface area (Å²) in [6.07, 6.45) is 3.45. The van der Waals surface area contributed by atoms with Crippen molar-refractivity contribution in [1.82, 2.24) is 4.98 Å². The summed E-state index contributed by atoms with van der Waals surface area (Å²) < 4.78 is 4.71. The molecule has 1 unspecified atom stereocenters. The maximum Gasteiger partial charge on any atom is 0.337 e. The summed E-state index contributed by atoms with van der Waals surface area (Å²) in [6, 6.07) is 13.5. The van der Waals surface area contributed by atoms with Crippen molar-refractivity contribution in [2.45, 2.75) is 6.04 Å². The number of nitrogens with two attached hydrogens (primary N) is 1. The second kappa shape index (κ2) is 7.00. The molecule has 1 atom stereocenters. The van der Waals surface area contributed by atoms with Crippen molar-refractivity contribution in [2.75, 3.05) is 12.4 Å². The van der Waals surface area contributed by atoms with E-state index >= 15 is 0 Å². The highest BCUT2D eigenvalue weighted by molar-refractivity contribution is 5.91. The largest absolute Gasteiger partial charge is 0.465 e. The Balaban J connectivity index is 1.93. The Kier molecular flexibility index (Phi) is 4.61. The quantitative estimate of drug-likeness (QED) is 0.699. The highest BCUT2D eigenvalue weighted by Crippen LogP contribution is 2.24. The zero-order chi connectivity index (χ0) is 17.8. The number of carbonyl (C=O) groups excluding carboxylic acids is 2. The number of methoxy groups -OCH3 is 1. The fourth-order valence-corrected chi connectivity index (χ4v) is 2.62. The number of benzene rings is 2. The van der Waals surface area contributed by atoms with Crippen LogP contribution in [0.15, 0.2) is 60.9 Å². The Labute approximate surface area is 144 Å². The smallest absolute Gasteiger partial charge is 0.337 e. The van der Waals surface area contributed by atoms with Crippen molar-refractivity contribution in [2.24, 2.45) is 5.73 Å². The van der Waals surface area contributed by atoms with Gasteiger partial charge in [0.15, 0.2) is 0 Å². The Morgan fingerprint density at radius 1 is 1.12 bits per heavy atom. The number of nitrogens with zero attached hydrogens (tertiary/aromatic N) is 1. The molecule has 1 aromatic heterocycles. The molecule has 0 fully saturated rings. The number of esters is 1. The third-order valence-corrected chi connectivity index (χ3v) is 3.88. The van der Waals surface area contributed by atoms with Crippen LogP contribution < -0.4 is 11.1 Å². The summed E-state index contributed by atoms with van der Waals surface area (Å²) in [5.74, 6) is -0.964. The van der Waals surface area contributed by atoms with Crippen LogP contribution in [0.25, 0.3) is 10.8 Å². The van der Waals surface area contributed by atoms with Crippen molar-refractivity contribution in [3.05, 3.63) is 72.1 Å². The van der Waals surface area contributed by atoms with Gasteiger partial charge in [-0.25, -0.2) is 4.79 Å². The number of pyridine rings is 1. The van der Waals surface area contributed by atoms with Crippen molar-refractivity contribution in [1.29, 1.82) is 0 Å². The number of aromatic nitrogens is 1. The molecule has 126 valence electrons. The van der Waals surface area contributed by atoms with E-state index in [-0.39, 0.29) is 0 Å². The van der Waals surface area contributed by atoms with E-state index in [1.54, 1.807) is 36.7 Å². The fourth-order valence-electron chi connectivity index (χ4n) is 2.62. The fraction of sp³-hybridized carbons (Fsp3) is 0.105. The summed E-state index contributed by atoms with van der Waals surface area (Å²) in [4.78, 5) is 27.7. The maximum atomic E-state index is 12.0. The molecule has 0 aliphatic carbocycles. The topological polar surface area (TPSA) is 94.3 Å². The molecule has 1 heterocycles. The lowest BCUT2D eigenvalue weighted by atomic mass is 10.0. The van der Waals surface area contributed by atoms with Crippen LogP contribution in [0.2, 0.25) is 0 Å². The third kappa shape index (κ3) is 3.58. The van der Waals surface area contributed by atoms with Crippen molar-refractivity contribution < 1.29 is 14.3 Å². The van der Waals surface area contributed by atoms with Crippen molar-refractivity contribution in [3.8, 4) is 0 Å². The molecule has 0 spiro atoms. The Morgan fingerprint density at radius 3 is 2.72 bits per heavy atom. The molecule has 0 saturated heterocycles. The molecule has 2 aromatic carbocycles. The molecule has 0 bridgehead atoms. The molecule has 3 N–H and O–H groups in total. The number of amides is 1. The van der Waals surface area contributed by atoms with E-state index in [4.69, 9.17) is 10.5 Å². The molecule has 6 heteroatoms. The number of primary amides is 1. The van der Waals surface area contributed by atoms with Gasteiger partial charge in [0.05, 0.1) is 12.7 Å². The minimum Gasteiger partial charge on any atom is -0.465 e. The number of fused-ring (bicyclic) bond motifs is 1. The lowest BCUT2D eigenvalue weighted by Crippen LogP contribution is -2.27. The standard InChI is InChI=1S/C19H17N3O3/c1-25-19(24)14-3-2-4-16(10-14)22-17(18(20)23)13-5-6-15-11-21-8-7-12(15)9-13/h2-11,17,22H,1H3,(H2,20,23). The van der Waals surface area contributed by atoms with Gasteiger partial charge in [-0.1, -0.05) is 18.2 Å². The number of hydrogen-bond donors (Lipinski definition) is 2. The van der Waals surface area contributed by atoms with Gasteiger partial charge in [-0.3, -0.25) is 9.78 Å². The second-order valence-corrected chi connectivity index (χ2v) is 5.53. The van der Waals surface area contributed by atoms with Gasteiger partial charge in [-0.2, -0.15) is 0 Å². The molecule has 25 heavy (non-hydrogen) atoms. The molecule has 3 aromatic rings. The number of carbonyl (C=O) groups is 2. The monoisotopic (exact) mass is 335 g/mol. The average Bonchev–Trinajstić information content (AvgIpc) is 2.65. The normalized spacial score (nSPS) is 11.7. The van der Waals surface area contributed by atoms with E-state index in [2.05, 4.69) is 10.3 Å². The Bertz CT molecular complexity index is 940. The van der Waals surface area contributed by atoms with E-state index < -0.39 is 17.9 Å². The minimum atomic E-state index is -0.731. The van der Waals surface area contributed by atoms with Crippen LogP contribution in [-0.4, -0.2) is 24.0 Å². The SMILES string of the molecule is COC(=O)c1cccc(NC(C(N)=O)c2ccc3cnccc3c2)c1. The molecular weight excluding hydrogens is 318 g/mol.